The zero-order chi connectivity index (χ0) is 17.6. The second-order valence-electron chi connectivity index (χ2n) is 6.27. The van der Waals surface area contributed by atoms with Gasteiger partial charge in [-0.25, -0.2) is 13.4 Å². The summed E-state index contributed by atoms with van der Waals surface area (Å²) in [4.78, 5) is 4.63. The highest BCUT2D eigenvalue weighted by atomic mass is 32.2. The average Bonchev–Trinajstić information content (AvgIpc) is 2.61. The number of hydrogen-bond acceptors (Lipinski definition) is 3. The molecule has 1 saturated heterocycles. The van der Waals surface area contributed by atoms with Crippen molar-refractivity contribution in [2.45, 2.75) is 57.0 Å². The first-order valence-electron chi connectivity index (χ1n) is 8.59. The van der Waals surface area contributed by atoms with E-state index in [9.17, 15) is 8.42 Å². The second kappa shape index (κ2) is 8.48. The summed E-state index contributed by atoms with van der Waals surface area (Å²) in [5, 5.41) is 3.10. The molecule has 1 aliphatic heterocycles. The topological polar surface area (TPSA) is 87.8 Å². The molecule has 24 heavy (non-hydrogen) atoms. The fourth-order valence-corrected chi connectivity index (χ4v) is 4.22. The summed E-state index contributed by atoms with van der Waals surface area (Å²) >= 11 is 0. The standard InChI is InChI=1S/C17H28N4O2S/c1-3-14(2)20-17(18)19-13-15-8-7-9-16(12-15)24(22,23)21-10-5-4-6-11-21/h7-9,12,14H,3-6,10-11,13H2,1-2H3,(H3,18,19,20). The minimum Gasteiger partial charge on any atom is -0.370 e. The van der Waals surface area contributed by atoms with Crippen LogP contribution >= 0.6 is 0 Å². The maximum Gasteiger partial charge on any atom is 0.243 e. The summed E-state index contributed by atoms with van der Waals surface area (Å²) < 4.78 is 27.0. The van der Waals surface area contributed by atoms with Gasteiger partial charge in [0.2, 0.25) is 10.0 Å². The Morgan fingerprint density at radius 1 is 1.33 bits per heavy atom. The molecule has 1 fully saturated rings. The van der Waals surface area contributed by atoms with E-state index in [4.69, 9.17) is 5.73 Å². The molecule has 1 aromatic carbocycles. The molecule has 1 unspecified atom stereocenters. The van der Waals surface area contributed by atoms with Gasteiger partial charge in [0.15, 0.2) is 5.96 Å². The molecule has 7 heteroatoms. The number of piperidine rings is 1. The van der Waals surface area contributed by atoms with Gasteiger partial charge in [-0.2, -0.15) is 4.31 Å². The molecule has 0 saturated carbocycles. The number of nitrogens with two attached hydrogens (primary N) is 1. The van der Waals surface area contributed by atoms with Crippen LogP contribution in [-0.2, 0) is 16.6 Å². The quantitative estimate of drug-likeness (QED) is 0.606. The van der Waals surface area contributed by atoms with Crippen LogP contribution in [0.15, 0.2) is 34.2 Å². The molecule has 0 aliphatic carbocycles. The predicted molar refractivity (Wildman–Crippen MR) is 97.3 cm³/mol. The number of nitrogens with one attached hydrogen (secondary N) is 1. The van der Waals surface area contributed by atoms with E-state index in [1.54, 1.807) is 22.5 Å². The minimum atomic E-state index is -3.41. The van der Waals surface area contributed by atoms with E-state index in [-0.39, 0.29) is 6.04 Å². The van der Waals surface area contributed by atoms with Crippen molar-refractivity contribution in [3.05, 3.63) is 29.8 Å². The van der Waals surface area contributed by atoms with E-state index in [0.29, 0.717) is 30.5 Å². The van der Waals surface area contributed by atoms with E-state index < -0.39 is 10.0 Å². The van der Waals surface area contributed by atoms with Gasteiger partial charge in [-0.05, 0) is 43.9 Å². The summed E-state index contributed by atoms with van der Waals surface area (Å²) in [6.07, 6.45) is 3.92. The molecular formula is C17H28N4O2S. The van der Waals surface area contributed by atoms with Crippen molar-refractivity contribution in [3.63, 3.8) is 0 Å². The highest BCUT2D eigenvalue weighted by Crippen LogP contribution is 2.21. The maximum atomic E-state index is 12.7. The van der Waals surface area contributed by atoms with Crippen LogP contribution in [0, 0.1) is 0 Å². The van der Waals surface area contributed by atoms with Crippen LogP contribution < -0.4 is 11.1 Å². The molecular weight excluding hydrogens is 324 g/mol. The number of guanidine groups is 1. The molecule has 1 aromatic rings. The SMILES string of the molecule is CCC(C)NC(N)=NCc1cccc(S(=O)(=O)N2CCCCC2)c1. The van der Waals surface area contributed by atoms with Gasteiger partial charge in [-0.15, -0.1) is 0 Å². The lowest BCUT2D eigenvalue weighted by Gasteiger charge is -2.26. The number of sulfonamides is 1. The Bertz CT molecular complexity index is 667. The van der Waals surface area contributed by atoms with Gasteiger partial charge in [0.1, 0.15) is 0 Å². The molecule has 1 heterocycles. The van der Waals surface area contributed by atoms with E-state index in [2.05, 4.69) is 17.2 Å². The molecule has 0 radical (unpaired) electrons. The van der Waals surface area contributed by atoms with Crippen molar-refractivity contribution in [2.24, 2.45) is 10.7 Å². The molecule has 1 atom stereocenters. The van der Waals surface area contributed by atoms with E-state index in [1.807, 2.05) is 13.0 Å². The lowest BCUT2D eigenvalue weighted by molar-refractivity contribution is 0.346. The first-order valence-corrected chi connectivity index (χ1v) is 10.0. The van der Waals surface area contributed by atoms with Crippen LogP contribution in [0.1, 0.15) is 45.1 Å². The van der Waals surface area contributed by atoms with Gasteiger partial charge in [-0.1, -0.05) is 25.5 Å². The van der Waals surface area contributed by atoms with Crippen LogP contribution in [0.2, 0.25) is 0 Å². The molecule has 6 nitrogen and oxygen atoms in total. The maximum absolute atomic E-state index is 12.7. The second-order valence-corrected chi connectivity index (χ2v) is 8.21. The number of rotatable bonds is 6. The molecule has 134 valence electrons. The molecule has 1 aliphatic rings. The van der Waals surface area contributed by atoms with Gasteiger partial charge in [0.05, 0.1) is 11.4 Å². The first-order chi connectivity index (χ1) is 11.4. The van der Waals surface area contributed by atoms with E-state index in [1.165, 1.54) is 0 Å². The fourth-order valence-electron chi connectivity index (χ4n) is 2.64. The molecule has 0 aromatic heterocycles. The van der Waals surface area contributed by atoms with Gasteiger partial charge in [0.25, 0.3) is 0 Å². The first kappa shape index (κ1) is 18.7. The number of benzene rings is 1. The smallest absolute Gasteiger partial charge is 0.243 e. The van der Waals surface area contributed by atoms with Crippen molar-refractivity contribution in [1.82, 2.24) is 9.62 Å². The third-order valence-electron chi connectivity index (χ3n) is 4.29. The van der Waals surface area contributed by atoms with Gasteiger partial charge in [-0.3, -0.25) is 0 Å². The highest BCUT2D eigenvalue weighted by Gasteiger charge is 2.25. The van der Waals surface area contributed by atoms with Gasteiger partial charge in [0, 0.05) is 19.1 Å². The number of aliphatic imine (C=N–C) groups is 1. The highest BCUT2D eigenvalue weighted by molar-refractivity contribution is 7.89. The third-order valence-corrected chi connectivity index (χ3v) is 6.18. The molecule has 0 amide bonds. The lowest BCUT2D eigenvalue weighted by atomic mass is 10.2. The number of nitrogens with zero attached hydrogens (tertiary/aromatic N) is 2. The van der Waals surface area contributed by atoms with Crippen LogP contribution in [-0.4, -0.2) is 37.8 Å². The molecule has 0 spiro atoms. The van der Waals surface area contributed by atoms with E-state index >= 15 is 0 Å². The molecule has 0 bridgehead atoms. The summed E-state index contributed by atoms with van der Waals surface area (Å²) in [5.41, 5.74) is 6.69. The van der Waals surface area contributed by atoms with Crippen molar-refractivity contribution < 1.29 is 8.42 Å². The fraction of sp³-hybridized carbons (Fsp3) is 0.588. The Balaban J connectivity index is 2.09. The van der Waals surface area contributed by atoms with Gasteiger partial charge < -0.3 is 11.1 Å². The van der Waals surface area contributed by atoms with Crippen LogP contribution in [0.3, 0.4) is 0 Å². The normalized spacial score (nSPS) is 18.3. The van der Waals surface area contributed by atoms with Gasteiger partial charge >= 0.3 is 0 Å². The monoisotopic (exact) mass is 352 g/mol. The van der Waals surface area contributed by atoms with Crippen LogP contribution in [0.4, 0.5) is 0 Å². The third kappa shape index (κ3) is 4.95. The van der Waals surface area contributed by atoms with Crippen molar-refractivity contribution >= 4 is 16.0 Å². The van der Waals surface area contributed by atoms with Crippen molar-refractivity contribution in [2.75, 3.05) is 13.1 Å². The minimum absolute atomic E-state index is 0.263. The Morgan fingerprint density at radius 3 is 2.71 bits per heavy atom. The summed E-state index contributed by atoms with van der Waals surface area (Å²) in [6, 6.07) is 7.25. The summed E-state index contributed by atoms with van der Waals surface area (Å²) in [5.74, 6) is 0.383. The van der Waals surface area contributed by atoms with Crippen molar-refractivity contribution in [1.29, 1.82) is 0 Å². The predicted octanol–water partition coefficient (Wildman–Crippen LogP) is 2.06. The summed E-state index contributed by atoms with van der Waals surface area (Å²) in [6.45, 7) is 5.68. The van der Waals surface area contributed by atoms with E-state index in [0.717, 1.165) is 31.2 Å². The lowest BCUT2D eigenvalue weighted by Crippen LogP contribution is -2.38. The molecule has 3 N–H and O–H groups in total. The zero-order valence-electron chi connectivity index (χ0n) is 14.5. The largest absolute Gasteiger partial charge is 0.370 e. The number of hydrogen-bond donors (Lipinski definition) is 2. The summed E-state index contributed by atoms with van der Waals surface area (Å²) in [7, 11) is -3.41. The average molecular weight is 353 g/mol. The Labute approximate surface area is 145 Å². The van der Waals surface area contributed by atoms with Crippen LogP contribution in [0.5, 0.6) is 0 Å². The Kier molecular flexibility index (Phi) is 6.62. The zero-order valence-corrected chi connectivity index (χ0v) is 15.3. The Hall–Kier alpha value is -1.60. The molecule has 2 rings (SSSR count). The Morgan fingerprint density at radius 2 is 2.04 bits per heavy atom. The van der Waals surface area contributed by atoms with Crippen LogP contribution in [0.25, 0.3) is 0 Å². The van der Waals surface area contributed by atoms with Crippen molar-refractivity contribution in [3.8, 4) is 0 Å².